The summed E-state index contributed by atoms with van der Waals surface area (Å²) in [5.41, 5.74) is 15.3. The van der Waals surface area contributed by atoms with Gasteiger partial charge in [-0.1, -0.05) is 35.9 Å². The van der Waals surface area contributed by atoms with Crippen LogP contribution in [0.1, 0.15) is 58.9 Å². The Morgan fingerprint density at radius 3 is 2.48 bits per heavy atom. The Bertz CT molecular complexity index is 897. The lowest BCUT2D eigenvalue weighted by atomic mass is 9.63. The maximum absolute atomic E-state index is 11.7. The summed E-state index contributed by atoms with van der Waals surface area (Å²) in [5, 5.41) is 0. The molecule has 2 heteroatoms. The number of hydrogen-bond acceptors (Lipinski definition) is 1. The zero-order chi connectivity index (χ0) is 17.3. The molecule has 0 saturated heterocycles. The number of aryl methyl sites for hydroxylation is 2. The molecule has 2 aromatic carbocycles. The van der Waals surface area contributed by atoms with Crippen molar-refractivity contribution in [3.05, 3.63) is 58.1 Å². The molecule has 3 aliphatic rings. The molecule has 128 valence electrons. The molecule has 2 aromatic rings. The molecule has 4 unspecified atom stereocenters. The first-order chi connectivity index (χ1) is 12.0. The third-order valence-corrected chi connectivity index (χ3v) is 6.97. The molecule has 2 nitrogen and oxygen atoms in total. The number of hydrogen-bond donors (Lipinski definition) is 1. The minimum absolute atomic E-state index is 0.223. The second-order valence-corrected chi connectivity index (χ2v) is 8.45. The molecule has 0 heterocycles. The van der Waals surface area contributed by atoms with Gasteiger partial charge < -0.3 is 5.73 Å². The Balaban J connectivity index is 1.82. The SMILES string of the molecule is Cc1cc(C)c2c(c1)-c1cccc(CC(N)=O)c1C1C3CCC(C3)C21. The lowest BCUT2D eigenvalue weighted by molar-refractivity contribution is -0.117. The van der Waals surface area contributed by atoms with Crippen LogP contribution in [0.3, 0.4) is 0 Å². The fourth-order valence-electron chi connectivity index (χ4n) is 6.35. The van der Waals surface area contributed by atoms with Crippen LogP contribution in [0.2, 0.25) is 0 Å². The number of amides is 1. The van der Waals surface area contributed by atoms with E-state index < -0.39 is 0 Å². The number of carbonyl (C=O) groups is 1. The first kappa shape index (κ1) is 15.2. The molecule has 4 atom stereocenters. The second kappa shape index (κ2) is 5.20. The summed E-state index contributed by atoms with van der Waals surface area (Å²) in [6.07, 6.45) is 4.43. The van der Waals surface area contributed by atoms with E-state index in [-0.39, 0.29) is 5.91 Å². The Hall–Kier alpha value is -2.09. The molecule has 25 heavy (non-hydrogen) atoms. The van der Waals surface area contributed by atoms with Crippen molar-refractivity contribution in [2.24, 2.45) is 17.6 Å². The fraction of sp³-hybridized carbons (Fsp3) is 0.435. The van der Waals surface area contributed by atoms with Gasteiger partial charge in [0, 0.05) is 0 Å². The van der Waals surface area contributed by atoms with Gasteiger partial charge in [-0.05, 0) is 90.2 Å². The number of fused-ring (bicyclic) bond motifs is 10. The molecule has 1 amide bonds. The van der Waals surface area contributed by atoms with Crippen LogP contribution in [0.4, 0.5) is 0 Å². The standard InChI is InChI=1S/C23H25NO/c1-12-8-13(2)20-18(9-12)17-5-3-4-14(11-19(24)25)21(17)23-16-7-6-15(10-16)22(20)23/h3-5,8-9,15-16,22-23H,6-7,10-11H2,1-2H3,(H2,24,25). The van der Waals surface area contributed by atoms with Crippen molar-refractivity contribution < 1.29 is 4.79 Å². The van der Waals surface area contributed by atoms with Crippen LogP contribution >= 0.6 is 0 Å². The Labute approximate surface area is 149 Å². The van der Waals surface area contributed by atoms with E-state index in [0.29, 0.717) is 18.3 Å². The molecule has 0 radical (unpaired) electrons. The lowest BCUT2D eigenvalue weighted by Crippen LogP contribution is -2.27. The summed E-state index contributed by atoms with van der Waals surface area (Å²) in [5.74, 6) is 2.58. The highest BCUT2D eigenvalue weighted by Crippen LogP contribution is 2.66. The highest BCUT2D eigenvalue weighted by molar-refractivity contribution is 5.82. The van der Waals surface area contributed by atoms with Crippen molar-refractivity contribution in [3.8, 4) is 11.1 Å². The van der Waals surface area contributed by atoms with Crippen LogP contribution in [-0.4, -0.2) is 5.91 Å². The third-order valence-electron chi connectivity index (χ3n) is 6.97. The molecule has 2 bridgehead atoms. The van der Waals surface area contributed by atoms with E-state index in [0.717, 1.165) is 17.4 Å². The molecule has 5 rings (SSSR count). The van der Waals surface area contributed by atoms with Crippen molar-refractivity contribution in [3.63, 3.8) is 0 Å². The lowest BCUT2D eigenvalue weighted by Gasteiger charge is -2.40. The van der Waals surface area contributed by atoms with Crippen LogP contribution in [0.25, 0.3) is 11.1 Å². The second-order valence-electron chi connectivity index (χ2n) is 8.45. The average Bonchev–Trinajstić information content (AvgIpc) is 3.15. The Morgan fingerprint density at radius 2 is 1.76 bits per heavy atom. The maximum atomic E-state index is 11.7. The smallest absolute Gasteiger partial charge is 0.221 e. The summed E-state index contributed by atoms with van der Waals surface area (Å²) < 4.78 is 0. The van der Waals surface area contributed by atoms with Gasteiger partial charge in [0.15, 0.2) is 0 Å². The molecule has 2 N–H and O–H groups in total. The van der Waals surface area contributed by atoms with E-state index in [1.54, 1.807) is 5.56 Å². The molecule has 0 aromatic heterocycles. The molecule has 0 aliphatic heterocycles. The first-order valence-electron chi connectivity index (χ1n) is 9.56. The van der Waals surface area contributed by atoms with Crippen molar-refractivity contribution in [1.82, 2.24) is 0 Å². The van der Waals surface area contributed by atoms with E-state index in [1.165, 1.54) is 47.1 Å². The summed E-state index contributed by atoms with van der Waals surface area (Å²) in [4.78, 5) is 11.7. The van der Waals surface area contributed by atoms with E-state index in [2.05, 4.69) is 44.2 Å². The van der Waals surface area contributed by atoms with E-state index in [4.69, 9.17) is 5.73 Å². The predicted octanol–water partition coefficient (Wildman–Crippen LogP) is 4.61. The van der Waals surface area contributed by atoms with Crippen LogP contribution in [0, 0.1) is 25.7 Å². The molecule has 2 saturated carbocycles. The maximum Gasteiger partial charge on any atom is 0.221 e. The molecule has 2 fully saturated rings. The molecule has 0 spiro atoms. The van der Waals surface area contributed by atoms with Gasteiger partial charge in [-0.25, -0.2) is 0 Å². The summed E-state index contributed by atoms with van der Waals surface area (Å²) in [6.45, 7) is 4.47. The Kier molecular flexibility index (Phi) is 3.16. The van der Waals surface area contributed by atoms with Crippen molar-refractivity contribution >= 4 is 5.91 Å². The zero-order valence-electron chi connectivity index (χ0n) is 15.0. The number of carbonyl (C=O) groups excluding carboxylic acids is 1. The first-order valence-corrected chi connectivity index (χ1v) is 9.56. The third kappa shape index (κ3) is 2.06. The van der Waals surface area contributed by atoms with Crippen LogP contribution in [0.5, 0.6) is 0 Å². The fourth-order valence-corrected chi connectivity index (χ4v) is 6.35. The predicted molar refractivity (Wildman–Crippen MR) is 101 cm³/mol. The van der Waals surface area contributed by atoms with Gasteiger partial charge >= 0.3 is 0 Å². The van der Waals surface area contributed by atoms with E-state index in [1.807, 2.05) is 0 Å². The summed E-state index contributed by atoms with van der Waals surface area (Å²) in [7, 11) is 0. The van der Waals surface area contributed by atoms with E-state index in [9.17, 15) is 4.79 Å². The summed E-state index contributed by atoms with van der Waals surface area (Å²) >= 11 is 0. The average molecular weight is 331 g/mol. The number of nitrogens with two attached hydrogens (primary N) is 1. The highest BCUT2D eigenvalue weighted by atomic mass is 16.1. The number of primary amides is 1. The number of benzene rings is 2. The van der Waals surface area contributed by atoms with Gasteiger partial charge in [-0.2, -0.15) is 0 Å². The quantitative estimate of drug-likeness (QED) is 0.858. The normalized spacial score (nSPS) is 28.4. The monoisotopic (exact) mass is 331 g/mol. The minimum atomic E-state index is -0.223. The number of rotatable bonds is 2. The molecular weight excluding hydrogens is 306 g/mol. The molecular formula is C23H25NO. The van der Waals surface area contributed by atoms with Gasteiger partial charge in [0.1, 0.15) is 0 Å². The van der Waals surface area contributed by atoms with Crippen molar-refractivity contribution in [2.45, 2.75) is 51.4 Å². The molecule has 3 aliphatic carbocycles. The topological polar surface area (TPSA) is 43.1 Å². The minimum Gasteiger partial charge on any atom is -0.369 e. The van der Waals surface area contributed by atoms with Crippen molar-refractivity contribution in [2.75, 3.05) is 0 Å². The van der Waals surface area contributed by atoms with Gasteiger partial charge in [-0.15, -0.1) is 0 Å². The summed E-state index contributed by atoms with van der Waals surface area (Å²) in [6, 6.07) is 11.2. The van der Waals surface area contributed by atoms with Crippen LogP contribution in [0.15, 0.2) is 30.3 Å². The van der Waals surface area contributed by atoms with Gasteiger partial charge in [0.25, 0.3) is 0 Å². The van der Waals surface area contributed by atoms with Crippen LogP contribution < -0.4 is 5.73 Å². The highest BCUT2D eigenvalue weighted by Gasteiger charge is 2.52. The van der Waals surface area contributed by atoms with E-state index >= 15 is 0 Å². The van der Waals surface area contributed by atoms with Crippen LogP contribution in [-0.2, 0) is 11.2 Å². The van der Waals surface area contributed by atoms with Gasteiger partial charge in [0.05, 0.1) is 6.42 Å². The Morgan fingerprint density at radius 1 is 1.04 bits per heavy atom. The zero-order valence-corrected chi connectivity index (χ0v) is 15.0. The van der Waals surface area contributed by atoms with Gasteiger partial charge in [0.2, 0.25) is 5.91 Å². The van der Waals surface area contributed by atoms with Crippen molar-refractivity contribution in [1.29, 1.82) is 0 Å². The largest absolute Gasteiger partial charge is 0.369 e. The van der Waals surface area contributed by atoms with Gasteiger partial charge in [-0.3, -0.25) is 4.79 Å².